The van der Waals surface area contributed by atoms with Crippen molar-refractivity contribution >= 4 is 0 Å². The van der Waals surface area contributed by atoms with Crippen molar-refractivity contribution in [1.82, 2.24) is 15.0 Å². The van der Waals surface area contributed by atoms with Gasteiger partial charge in [0.15, 0.2) is 5.76 Å². The Balaban J connectivity index is 1.65. The first-order valence-corrected chi connectivity index (χ1v) is 6.90. The van der Waals surface area contributed by atoms with Crippen LogP contribution in [0.15, 0.2) is 65.4 Å². The van der Waals surface area contributed by atoms with Gasteiger partial charge in [-0.3, -0.25) is 9.88 Å². The van der Waals surface area contributed by atoms with Crippen molar-refractivity contribution < 1.29 is 4.52 Å². The molecule has 0 unspecified atom stereocenters. The molecule has 1 aromatic carbocycles. The van der Waals surface area contributed by atoms with E-state index in [1.165, 1.54) is 5.56 Å². The molecule has 0 aliphatic rings. The van der Waals surface area contributed by atoms with Crippen LogP contribution in [-0.2, 0) is 13.1 Å². The number of benzene rings is 1. The monoisotopic (exact) mass is 279 g/mol. The predicted octanol–water partition coefficient (Wildman–Crippen LogP) is 3.37. The summed E-state index contributed by atoms with van der Waals surface area (Å²) in [6, 6.07) is 16.2. The molecular weight excluding hydrogens is 262 g/mol. The molecule has 0 amide bonds. The molecule has 0 aliphatic heterocycles. The number of rotatable bonds is 5. The van der Waals surface area contributed by atoms with Gasteiger partial charge in [0, 0.05) is 30.6 Å². The van der Waals surface area contributed by atoms with E-state index in [-0.39, 0.29) is 0 Å². The van der Waals surface area contributed by atoms with Crippen molar-refractivity contribution in [1.29, 1.82) is 0 Å². The van der Waals surface area contributed by atoms with Crippen LogP contribution in [0.5, 0.6) is 0 Å². The van der Waals surface area contributed by atoms with Gasteiger partial charge < -0.3 is 4.52 Å². The van der Waals surface area contributed by atoms with Crippen LogP contribution in [0.3, 0.4) is 0 Å². The van der Waals surface area contributed by atoms with E-state index < -0.39 is 0 Å². The van der Waals surface area contributed by atoms with Crippen LogP contribution in [0, 0.1) is 0 Å². The first-order chi connectivity index (χ1) is 10.3. The van der Waals surface area contributed by atoms with E-state index >= 15 is 0 Å². The molecule has 0 spiro atoms. The van der Waals surface area contributed by atoms with Crippen molar-refractivity contribution in [3.8, 4) is 11.3 Å². The van der Waals surface area contributed by atoms with E-state index in [9.17, 15) is 0 Å². The van der Waals surface area contributed by atoms with Gasteiger partial charge in [-0.2, -0.15) is 0 Å². The van der Waals surface area contributed by atoms with Gasteiger partial charge in [0.2, 0.25) is 0 Å². The average Bonchev–Trinajstić information content (AvgIpc) is 2.97. The Morgan fingerprint density at radius 3 is 2.67 bits per heavy atom. The van der Waals surface area contributed by atoms with Crippen molar-refractivity contribution in [2.45, 2.75) is 13.1 Å². The van der Waals surface area contributed by atoms with E-state index in [0.29, 0.717) is 0 Å². The van der Waals surface area contributed by atoms with Crippen LogP contribution in [0.1, 0.15) is 11.3 Å². The maximum absolute atomic E-state index is 5.41. The molecule has 0 fully saturated rings. The Kier molecular flexibility index (Phi) is 4.07. The molecule has 0 saturated heterocycles. The van der Waals surface area contributed by atoms with Gasteiger partial charge in [0.05, 0.1) is 6.54 Å². The normalized spacial score (nSPS) is 11.0. The summed E-state index contributed by atoms with van der Waals surface area (Å²) in [4.78, 5) is 6.29. The first kappa shape index (κ1) is 13.5. The summed E-state index contributed by atoms with van der Waals surface area (Å²) >= 11 is 0. The van der Waals surface area contributed by atoms with Gasteiger partial charge in [-0.05, 0) is 24.7 Å². The summed E-state index contributed by atoms with van der Waals surface area (Å²) < 4.78 is 5.41. The lowest BCUT2D eigenvalue weighted by Crippen LogP contribution is -2.16. The smallest absolute Gasteiger partial charge is 0.151 e. The lowest BCUT2D eigenvalue weighted by atomic mass is 10.2. The van der Waals surface area contributed by atoms with Gasteiger partial charge in [0.25, 0.3) is 0 Å². The molecule has 4 heteroatoms. The minimum Gasteiger partial charge on any atom is -0.359 e. The van der Waals surface area contributed by atoms with Crippen molar-refractivity contribution in [2.75, 3.05) is 7.05 Å². The van der Waals surface area contributed by atoms with Crippen molar-refractivity contribution in [3.05, 3.63) is 72.2 Å². The second kappa shape index (κ2) is 6.33. The Morgan fingerprint density at radius 1 is 1.05 bits per heavy atom. The standard InChI is InChI=1S/C17H17N3O/c1-20(12-14-6-3-2-4-7-14)13-16-10-17(19-21-16)15-8-5-9-18-11-15/h2-11H,12-13H2,1H3. The summed E-state index contributed by atoms with van der Waals surface area (Å²) in [5.74, 6) is 0.854. The van der Waals surface area contributed by atoms with Crippen LogP contribution in [-0.4, -0.2) is 22.1 Å². The fraction of sp³-hybridized carbons (Fsp3) is 0.176. The Morgan fingerprint density at radius 2 is 1.90 bits per heavy atom. The second-order valence-corrected chi connectivity index (χ2v) is 5.08. The highest BCUT2D eigenvalue weighted by Gasteiger charge is 2.09. The van der Waals surface area contributed by atoms with Crippen molar-refractivity contribution in [2.24, 2.45) is 0 Å². The minimum atomic E-state index is 0.724. The highest BCUT2D eigenvalue weighted by molar-refractivity contribution is 5.57. The van der Waals surface area contributed by atoms with Crippen LogP contribution in [0.25, 0.3) is 11.3 Å². The van der Waals surface area contributed by atoms with E-state index in [0.717, 1.165) is 30.1 Å². The second-order valence-electron chi connectivity index (χ2n) is 5.08. The number of hydrogen-bond donors (Lipinski definition) is 0. The molecule has 0 bridgehead atoms. The van der Waals surface area contributed by atoms with E-state index in [4.69, 9.17) is 4.52 Å². The maximum atomic E-state index is 5.41. The zero-order valence-electron chi connectivity index (χ0n) is 11.9. The Labute approximate surface area is 124 Å². The van der Waals surface area contributed by atoms with E-state index in [1.807, 2.05) is 24.3 Å². The molecule has 2 aromatic heterocycles. The molecule has 0 radical (unpaired) electrons. The molecule has 4 nitrogen and oxygen atoms in total. The zero-order valence-corrected chi connectivity index (χ0v) is 11.9. The minimum absolute atomic E-state index is 0.724. The van der Waals surface area contributed by atoms with Crippen LogP contribution in [0.2, 0.25) is 0 Å². The fourth-order valence-corrected chi connectivity index (χ4v) is 2.25. The molecule has 2 heterocycles. The number of nitrogens with zero attached hydrogens (tertiary/aromatic N) is 3. The van der Waals surface area contributed by atoms with Crippen LogP contribution in [0.4, 0.5) is 0 Å². The average molecular weight is 279 g/mol. The van der Waals surface area contributed by atoms with Crippen LogP contribution < -0.4 is 0 Å². The first-order valence-electron chi connectivity index (χ1n) is 6.90. The maximum Gasteiger partial charge on any atom is 0.151 e. The largest absolute Gasteiger partial charge is 0.359 e. The van der Waals surface area contributed by atoms with Crippen LogP contribution >= 0.6 is 0 Å². The Bertz CT molecular complexity index is 680. The summed E-state index contributed by atoms with van der Waals surface area (Å²) in [5, 5.41) is 4.10. The highest BCUT2D eigenvalue weighted by atomic mass is 16.5. The molecule has 0 N–H and O–H groups in total. The molecule has 3 rings (SSSR count). The zero-order chi connectivity index (χ0) is 14.5. The fourth-order valence-electron chi connectivity index (χ4n) is 2.25. The molecule has 0 saturated carbocycles. The molecule has 0 aliphatic carbocycles. The number of pyridine rings is 1. The summed E-state index contributed by atoms with van der Waals surface area (Å²) in [6.45, 7) is 1.60. The van der Waals surface area contributed by atoms with E-state index in [1.54, 1.807) is 12.4 Å². The quantitative estimate of drug-likeness (QED) is 0.718. The third kappa shape index (κ3) is 3.55. The van der Waals surface area contributed by atoms with Gasteiger partial charge in [-0.25, -0.2) is 0 Å². The molecule has 106 valence electrons. The highest BCUT2D eigenvalue weighted by Crippen LogP contribution is 2.18. The molecule has 0 atom stereocenters. The number of aromatic nitrogens is 2. The van der Waals surface area contributed by atoms with Gasteiger partial charge in [-0.1, -0.05) is 35.5 Å². The third-order valence-electron chi connectivity index (χ3n) is 3.24. The van der Waals surface area contributed by atoms with Gasteiger partial charge in [0.1, 0.15) is 5.69 Å². The van der Waals surface area contributed by atoms with E-state index in [2.05, 4.69) is 46.4 Å². The molecular formula is C17H17N3O. The number of hydrogen-bond acceptors (Lipinski definition) is 4. The van der Waals surface area contributed by atoms with Gasteiger partial charge >= 0.3 is 0 Å². The lowest BCUT2D eigenvalue weighted by molar-refractivity contribution is 0.267. The lowest BCUT2D eigenvalue weighted by Gasteiger charge is -2.14. The SMILES string of the molecule is CN(Cc1ccccc1)Cc1cc(-c2cccnc2)no1. The third-order valence-corrected chi connectivity index (χ3v) is 3.24. The van der Waals surface area contributed by atoms with Crippen molar-refractivity contribution in [3.63, 3.8) is 0 Å². The Hall–Kier alpha value is -2.46. The summed E-state index contributed by atoms with van der Waals surface area (Å²) in [7, 11) is 2.07. The molecule has 21 heavy (non-hydrogen) atoms. The molecule has 3 aromatic rings. The van der Waals surface area contributed by atoms with Gasteiger partial charge in [-0.15, -0.1) is 0 Å². The summed E-state index contributed by atoms with van der Waals surface area (Å²) in [5.41, 5.74) is 3.08. The predicted molar refractivity (Wildman–Crippen MR) is 81.3 cm³/mol. The summed E-state index contributed by atoms with van der Waals surface area (Å²) in [6.07, 6.45) is 3.54. The topological polar surface area (TPSA) is 42.2 Å².